The van der Waals surface area contributed by atoms with Gasteiger partial charge in [-0.1, -0.05) is 66.7 Å². The maximum absolute atomic E-state index is 13.5. The number of nitrogens with one attached hydrogen (secondary N) is 1. The number of rotatable bonds is 6. The Morgan fingerprint density at radius 1 is 1.00 bits per heavy atom. The number of nitrogens with zero attached hydrogens (tertiary/aromatic N) is 2. The van der Waals surface area contributed by atoms with Crippen molar-refractivity contribution in [2.45, 2.75) is 76.2 Å². The molecule has 2 aromatic rings. The van der Waals surface area contributed by atoms with E-state index in [4.69, 9.17) is 4.52 Å². The van der Waals surface area contributed by atoms with Gasteiger partial charge in [0.15, 0.2) is 10.7 Å². The Balaban J connectivity index is 1.41. The quantitative estimate of drug-likeness (QED) is 0.599. The van der Waals surface area contributed by atoms with Crippen molar-refractivity contribution >= 4 is 28.1 Å². The number of piperidine rings is 1. The van der Waals surface area contributed by atoms with Gasteiger partial charge in [-0.25, -0.2) is 8.42 Å². The van der Waals surface area contributed by atoms with E-state index in [1.807, 2.05) is 37.3 Å². The van der Waals surface area contributed by atoms with E-state index in [0.29, 0.717) is 31.6 Å². The number of aryl methyl sites for hydroxylation is 2. The van der Waals surface area contributed by atoms with Crippen LogP contribution in [0.25, 0.3) is 12.2 Å². The summed E-state index contributed by atoms with van der Waals surface area (Å²) in [5.74, 6) is 0.164. The highest BCUT2D eigenvalue weighted by Crippen LogP contribution is 2.29. The Labute approximate surface area is 202 Å². The maximum Gasteiger partial charge on any atom is 0.248 e. The second-order valence-electron chi connectivity index (χ2n) is 9.58. The second kappa shape index (κ2) is 10.9. The maximum atomic E-state index is 13.5. The molecule has 0 atom stereocenters. The molecule has 1 aromatic carbocycles. The molecule has 34 heavy (non-hydrogen) atoms. The van der Waals surface area contributed by atoms with Gasteiger partial charge in [-0.05, 0) is 51.2 Å². The Hall–Kier alpha value is -2.45. The zero-order valence-electron chi connectivity index (χ0n) is 20.1. The number of carbonyl (C=O) groups is 1. The summed E-state index contributed by atoms with van der Waals surface area (Å²) in [6.07, 6.45) is 11.4. The van der Waals surface area contributed by atoms with Crippen molar-refractivity contribution in [3.63, 3.8) is 0 Å². The van der Waals surface area contributed by atoms with Crippen LogP contribution in [0.15, 0.2) is 33.7 Å². The lowest BCUT2D eigenvalue weighted by atomic mass is 9.96. The lowest BCUT2D eigenvalue weighted by Gasteiger charge is -2.31. The molecule has 2 heterocycles. The second-order valence-corrected chi connectivity index (χ2v) is 11.5. The van der Waals surface area contributed by atoms with E-state index in [1.54, 1.807) is 13.0 Å². The summed E-state index contributed by atoms with van der Waals surface area (Å²) in [7, 11) is -3.78. The van der Waals surface area contributed by atoms with Crippen LogP contribution in [0.1, 0.15) is 73.9 Å². The number of benzene rings is 1. The van der Waals surface area contributed by atoms with E-state index < -0.39 is 10.0 Å². The van der Waals surface area contributed by atoms with Gasteiger partial charge in [0.25, 0.3) is 0 Å². The molecule has 0 spiro atoms. The highest BCUT2D eigenvalue weighted by atomic mass is 32.2. The molecule has 4 rings (SSSR count). The Bertz CT molecular complexity index is 1110. The molecule has 1 N–H and O–H groups in total. The predicted octanol–water partition coefficient (Wildman–Crippen LogP) is 4.70. The molecule has 0 radical (unpaired) electrons. The lowest BCUT2D eigenvalue weighted by molar-refractivity contribution is -0.126. The number of hydrogen-bond donors (Lipinski definition) is 1. The minimum Gasteiger partial charge on any atom is -0.355 e. The smallest absolute Gasteiger partial charge is 0.248 e. The van der Waals surface area contributed by atoms with Crippen LogP contribution in [0, 0.1) is 19.8 Å². The first-order valence-electron chi connectivity index (χ1n) is 12.4. The molecule has 0 unspecified atom stereocenters. The van der Waals surface area contributed by atoms with E-state index in [-0.39, 0.29) is 28.5 Å². The summed E-state index contributed by atoms with van der Waals surface area (Å²) < 4.78 is 33.8. The SMILES string of the molecule is Cc1ccc(/C=C/c2onc(C)c2S(=O)(=O)N2CCC(C(=O)NC3CCCCCC3)CC2)cc1. The number of amides is 1. The van der Waals surface area contributed by atoms with Crippen LogP contribution in [0.2, 0.25) is 0 Å². The minimum atomic E-state index is -3.78. The van der Waals surface area contributed by atoms with Gasteiger partial charge in [-0.3, -0.25) is 4.79 Å². The molecule has 1 aliphatic carbocycles. The molecule has 1 saturated carbocycles. The molecule has 8 heteroatoms. The van der Waals surface area contributed by atoms with Gasteiger partial charge >= 0.3 is 0 Å². The van der Waals surface area contributed by atoms with E-state index >= 15 is 0 Å². The predicted molar refractivity (Wildman–Crippen MR) is 132 cm³/mol. The first-order chi connectivity index (χ1) is 16.3. The summed E-state index contributed by atoms with van der Waals surface area (Å²) in [4.78, 5) is 12.9. The third kappa shape index (κ3) is 5.78. The first-order valence-corrected chi connectivity index (χ1v) is 13.8. The highest BCUT2D eigenvalue weighted by Gasteiger charge is 2.36. The summed E-state index contributed by atoms with van der Waals surface area (Å²) >= 11 is 0. The van der Waals surface area contributed by atoms with Gasteiger partial charge < -0.3 is 9.84 Å². The Morgan fingerprint density at radius 3 is 2.29 bits per heavy atom. The van der Waals surface area contributed by atoms with Gasteiger partial charge in [0.2, 0.25) is 15.9 Å². The summed E-state index contributed by atoms with van der Waals surface area (Å²) in [6, 6.07) is 8.19. The van der Waals surface area contributed by atoms with Crippen LogP contribution in [0.3, 0.4) is 0 Å². The van der Waals surface area contributed by atoms with Crippen LogP contribution < -0.4 is 5.32 Å². The summed E-state index contributed by atoms with van der Waals surface area (Å²) in [6.45, 7) is 4.29. The van der Waals surface area contributed by atoms with Crippen LogP contribution in [-0.2, 0) is 14.8 Å². The van der Waals surface area contributed by atoms with Crippen molar-refractivity contribution in [3.8, 4) is 0 Å². The summed E-state index contributed by atoms with van der Waals surface area (Å²) in [5, 5.41) is 7.15. The number of aromatic nitrogens is 1. The monoisotopic (exact) mass is 485 g/mol. The molecular formula is C26H35N3O4S. The fraction of sp³-hybridized carbons (Fsp3) is 0.538. The van der Waals surface area contributed by atoms with E-state index in [1.165, 1.54) is 30.0 Å². The van der Waals surface area contributed by atoms with Crippen LogP contribution in [0.5, 0.6) is 0 Å². The summed E-state index contributed by atoms with van der Waals surface area (Å²) in [5.41, 5.74) is 2.45. The van der Waals surface area contributed by atoms with E-state index in [9.17, 15) is 13.2 Å². The molecule has 0 bridgehead atoms. The fourth-order valence-electron chi connectivity index (χ4n) is 4.88. The molecular weight excluding hydrogens is 450 g/mol. The van der Waals surface area contributed by atoms with Crippen molar-refractivity contribution in [3.05, 3.63) is 46.8 Å². The van der Waals surface area contributed by atoms with Gasteiger partial charge in [0, 0.05) is 25.0 Å². The van der Waals surface area contributed by atoms with Crippen LogP contribution in [0.4, 0.5) is 0 Å². The largest absolute Gasteiger partial charge is 0.355 e. The molecule has 1 aliphatic heterocycles. The number of sulfonamides is 1. The van der Waals surface area contributed by atoms with E-state index in [0.717, 1.165) is 24.0 Å². The number of carbonyl (C=O) groups excluding carboxylic acids is 1. The van der Waals surface area contributed by atoms with Crippen molar-refractivity contribution in [2.24, 2.45) is 5.92 Å². The third-order valence-corrected chi connectivity index (χ3v) is 9.02. The lowest BCUT2D eigenvalue weighted by Crippen LogP contribution is -2.45. The standard InChI is InChI=1S/C26H35N3O4S/c1-19-9-11-21(12-10-19)13-14-24-25(20(2)28-33-24)34(31,32)29-17-15-22(16-18-29)26(30)27-23-7-5-3-4-6-8-23/h9-14,22-23H,3-8,15-18H2,1-2H3,(H,27,30)/b14-13+. The Morgan fingerprint density at radius 2 is 1.65 bits per heavy atom. The van der Waals surface area contributed by atoms with Gasteiger partial charge in [-0.2, -0.15) is 4.31 Å². The third-order valence-electron chi connectivity index (χ3n) is 6.96. The molecule has 184 valence electrons. The molecule has 2 fully saturated rings. The zero-order valence-corrected chi connectivity index (χ0v) is 20.9. The van der Waals surface area contributed by atoms with Crippen LogP contribution in [-0.4, -0.2) is 42.9 Å². The number of hydrogen-bond acceptors (Lipinski definition) is 5. The zero-order chi connectivity index (χ0) is 24.1. The average Bonchev–Trinajstić information content (AvgIpc) is 3.02. The van der Waals surface area contributed by atoms with Crippen molar-refractivity contribution in [2.75, 3.05) is 13.1 Å². The molecule has 7 nitrogen and oxygen atoms in total. The topological polar surface area (TPSA) is 92.5 Å². The normalized spacial score (nSPS) is 19.4. The van der Waals surface area contributed by atoms with Crippen molar-refractivity contribution in [1.82, 2.24) is 14.8 Å². The molecule has 1 saturated heterocycles. The fourth-order valence-corrected chi connectivity index (χ4v) is 6.60. The van der Waals surface area contributed by atoms with Crippen molar-refractivity contribution in [1.29, 1.82) is 0 Å². The molecule has 1 aromatic heterocycles. The highest BCUT2D eigenvalue weighted by molar-refractivity contribution is 7.89. The van der Waals surface area contributed by atoms with Gasteiger partial charge in [-0.15, -0.1) is 0 Å². The van der Waals surface area contributed by atoms with Crippen LogP contribution >= 0.6 is 0 Å². The first kappa shape index (κ1) is 24.7. The van der Waals surface area contributed by atoms with E-state index in [2.05, 4.69) is 10.5 Å². The average molecular weight is 486 g/mol. The van der Waals surface area contributed by atoms with Gasteiger partial charge in [0.1, 0.15) is 5.69 Å². The Kier molecular flexibility index (Phi) is 7.88. The molecule has 1 amide bonds. The van der Waals surface area contributed by atoms with Gasteiger partial charge in [0.05, 0.1) is 0 Å². The molecule has 2 aliphatic rings. The van der Waals surface area contributed by atoms with Crippen molar-refractivity contribution < 1.29 is 17.7 Å². The minimum absolute atomic E-state index is 0.0758.